The Morgan fingerprint density at radius 1 is 1.32 bits per heavy atom. The van der Waals surface area contributed by atoms with Gasteiger partial charge in [0.2, 0.25) is 11.8 Å². The first-order valence-electron chi connectivity index (χ1n) is 8.99. The number of nitrogens with zero attached hydrogens (tertiary/aromatic N) is 2. The Balaban J connectivity index is 1.65. The third kappa shape index (κ3) is 4.80. The summed E-state index contributed by atoms with van der Waals surface area (Å²) in [6, 6.07) is 6.77. The second-order valence-electron chi connectivity index (χ2n) is 6.44. The van der Waals surface area contributed by atoms with Gasteiger partial charge in [0.05, 0.1) is 33.2 Å². The van der Waals surface area contributed by atoms with E-state index in [4.69, 9.17) is 14.0 Å². The Morgan fingerprint density at radius 2 is 2.14 bits per heavy atom. The number of ether oxygens (including phenoxy) is 2. The average Bonchev–Trinajstić information content (AvgIpc) is 3.22. The number of hydrogen-bond donors (Lipinski definition) is 2. The molecule has 9 nitrogen and oxygen atoms in total. The van der Waals surface area contributed by atoms with E-state index in [9.17, 15) is 9.59 Å². The van der Waals surface area contributed by atoms with E-state index in [0.717, 1.165) is 5.56 Å². The van der Waals surface area contributed by atoms with Crippen LogP contribution in [0.15, 0.2) is 35.1 Å². The van der Waals surface area contributed by atoms with Crippen molar-refractivity contribution in [3.8, 4) is 11.5 Å². The lowest BCUT2D eigenvalue weighted by molar-refractivity contribution is -0.134. The van der Waals surface area contributed by atoms with E-state index in [1.165, 1.54) is 6.26 Å². The maximum atomic E-state index is 12.4. The normalized spacial score (nSPS) is 17.1. The van der Waals surface area contributed by atoms with Gasteiger partial charge in [-0.15, -0.1) is 0 Å². The van der Waals surface area contributed by atoms with Crippen LogP contribution in [0.25, 0.3) is 0 Å². The quantitative estimate of drug-likeness (QED) is 0.686. The monoisotopic (exact) mass is 388 g/mol. The molecule has 0 radical (unpaired) electrons. The molecule has 2 aromatic rings. The number of amides is 2. The van der Waals surface area contributed by atoms with E-state index in [1.54, 1.807) is 20.3 Å². The molecule has 0 unspecified atom stereocenters. The van der Waals surface area contributed by atoms with Gasteiger partial charge in [-0.3, -0.25) is 14.5 Å². The minimum atomic E-state index is -0.542. The largest absolute Gasteiger partial charge is 0.493 e. The van der Waals surface area contributed by atoms with Gasteiger partial charge in [0.1, 0.15) is 12.0 Å². The molecule has 3 rings (SSSR count). The van der Waals surface area contributed by atoms with E-state index in [2.05, 4.69) is 15.8 Å². The van der Waals surface area contributed by atoms with Crippen LogP contribution >= 0.6 is 0 Å². The minimum absolute atomic E-state index is 0.0664. The summed E-state index contributed by atoms with van der Waals surface area (Å²) in [4.78, 5) is 26.7. The van der Waals surface area contributed by atoms with Crippen molar-refractivity contribution in [1.29, 1.82) is 0 Å². The van der Waals surface area contributed by atoms with E-state index in [-0.39, 0.29) is 24.8 Å². The Bertz CT molecular complexity index is 809. The van der Waals surface area contributed by atoms with Gasteiger partial charge in [-0.2, -0.15) is 0 Å². The highest BCUT2D eigenvalue weighted by molar-refractivity contribution is 5.88. The highest BCUT2D eigenvalue weighted by Gasteiger charge is 2.31. The number of aromatic nitrogens is 1. The van der Waals surface area contributed by atoms with Crippen LogP contribution in [0.1, 0.15) is 17.7 Å². The van der Waals surface area contributed by atoms with Gasteiger partial charge in [0.15, 0.2) is 11.5 Å². The molecule has 0 aliphatic carbocycles. The van der Waals surface area contributed by atoms with Gasteiger partial charge in [-0.25, -0.2) is 0 Å². The van der Waals surface area contributed by atoms with Gasteiger partial charge < -0.3 is 24.6 Å². The Kier molecular flexibility index (Phi) is 6.49. The van der Waals surface area contributed by atoms with Crippen molar-refractivity contribution in [2.75, 3.05) is 27.3 Å². The Labute approximate surface area is 163 Å². The summed E-state index contributed by atoms with van der Waals surface area (Å²) in [5.41, 5.74) is 1.60. The first-order valence-corrected chi connectivity index (χ1v) is 8.99. The molecule has 1 aliphatic heterocycles. The number of nitrogens with one attached hydrogen (secondary N) is 2. The lowest BCUT2D eigenvalue weighted by Gasteiger charge is -2.34. The number of rotatable bonds is 8. The molecule has 28 heavy (non-hydrogen) atoms. The molecule has 2 amide bonds. The van der Waals surface area contributed by atoms with Crippen LogP contribution in [0.3, 0.4) is 0 Å². The SMILES string of the molecule is COc1ccc(CN2CCNC(=O)[C@H]2CC(=O)NCc2ccon2)cc1OC. The summed E-state index contributed by atoms with van der Waals surface area (Å²) in [5.74, 6) is 0.903. The molecule has 1 aliphatic rings. The zero-order valence-electron chi connectivity index (χ0n) is 15.9. The molecule has 150 valence electrons. The van der Waals surface area contributed by atoms with Crippen molar-refractivity contribution < 1.29 is 23.6 Å². The number of carbonyl (C=O) groups is 2. The first-order chi connectivity index (χ1) is 13.6. The molecule has 2 N–H and O–H groups in total. The maximum Gasteiger partial charge on any atom is 0.237 e. The Morgan fingerprint density at radius 3 is 2.86 bits per heavy atom. The van der Waals surface area contributed by atoms with Crippen molar-refractivity contribution in [3.05, 3.63) is 41.8 Å². The lowest BCUT2D eigenvalue weighted by Crippen LogP contribution is -2.56. The van der Waals surface area contributed by atoms with Crippen molar-refractivity contribution in [3.63, 3.8) is 0 Å². The number of benzene rings is 1. The predicted octanol–water partition coefficient (Wildman–Crippen LogP) is 0.699. The second-order valence-corrected chi connectivity index (χ2v) is 6.44. The third-order valence-corrected chi connectivity index (χ3v) is 4.61. The average molecular weight is 388 g/mol. The summed E-state index contributed by atoms with van der Waals surface area (Å²) < 4.78 is 15.3. The number of piperazine rings is 1. The molecule has 1 fully saturated rings. The molecule has 0 spiro atoms. The molecule has 1 saturated heterocycles. The maximum absolute atomic E-state index is 12.4. The molecular formula is C19H24N4O5. The topological polar surface area (TPSA) is 106 Å². The van der Waals surface area contributed by atoms with Crippen LogP contribution in [0.5, 0.6) is 11.5 Å². The van der Waals surface area contributed by atoms with Crippen LogP contribution in [0.2, 0.25) is 0 Å². The van der Waals surface area contributed by atoms with Gasteiger partial charge in [0.25, 0.3) is 0 Å². The van der Waals surface area contributed by atoms with Crippen LogP contribution in [0.4, 0.5) is 0 Å². The molecule has 1 atom stereocenters. The van der Waals surface area contributed by atoms with E-state index >= 15 is 0 Å². The molecular weight excluding hydrogens is 364 g/mol. The van der Waals surface area contributed by atoms with E-state index in [0.29, 0.717) is 36.8 Å². The fraction of sp³-hybridized carbons (Fsp3) is 0.421. The van der Waals surface area contributed by atoms with Crippen LogP contribution in [-0.4, -0.2) is 55.2 Å². The standard InChI is InChI=1S/C19H24N4O5/c1-26-16-4-3-13(9-17(16)27-2)12-23-7-6-20-19(25)15(23)10-18(24)21-11-14-5-8-28-22-14/h3-5,8-9,15H,6-7,10-12H2,1-2H3,(H,20,25)(H,21,24)/t15-/m1/s1. The van der Waals surface area contributed by atoms with E-state index < -0.39 is 6.04 Å². The van der Waals surface area contributed by atoms with Crippen LogP contribution < -0.4 is 20.1 Å². The van der Waals surface area contributed by atoms with Gasteiger partial charge >= 0.3 is 0 Å². The summed E-state index contributed by atoms with van der Waals surface area (Å²) in [5, 5.41) is 9.35. The summed E-state index contributed by atoms with van der Waals surface area (Å²) in [6.45, 7) is 1.98. The minimum Gasteiger partial charge on any atom is -0.493 e. The smallest absolute Gasteiger partial charge is 0.237 e. The van der Waals surface area contributed by atoms with Crippen molar-refractivity contribution in [2.45, 2.75) is 25.6 Å². The zero-order chi connectivity index (χ0) is 19.9. The number of hydrogen-bond acceptors (Lipinski definition) is 7. The lowest BCUT2D eigenvalue weighted by atomic mass is 10.1. The van der Waals surface area contributed by atoms with Crippen molar-refractivity contribution >= 4 is 11.8 Å². The predicted molar refractivity (Wildman–Crippen MR) is 99.7 cm³/mol. The summed E-state index contributed by atoms with van der Waals surface area (Å²) >= 11 is 0. The molecule has 0 saturated carbocycles. The number of methoxy groups -OCH3 is 2. The van der Waals surface area contributed by atoms with Crippen molar-refractivity contribution in [2.24, 2.45) is 0 Å². The number of carbonyl (C=O) groups excluding carboxylic acids is 2. The summed E-state index contributed by atoms with van der Waals surface area (Å²) in [6.07, 6.45) is 1.51. The third-order valence-electron chi connectivity index (χ3n) is 4.61. The van der Waals surface area contributed by atoms with E-state index in [1.807, 2.05) is 23.1 Å². The summed E-state index contributed by atoms with van der Waals surface area (Å²) in [7, 11) is 3.16. The highest BCUT2D eigenvalue weighted by atomic mass is 16.5. The zero-order valence-corrected chi connectivity index (χ0v) is 15.9. The highest BCUT2D eigenvalue weighted by Crippen LogP contribution is 2.28. The second kappa shape index (κ2) is 9.23. The molecule has 1 aromatic carbocycles. The van der Waals surface area contributed by atoms with Crippen molar-refractivity contribution in [1.82, 2.24) is 20.7 Å². The molecule has 0 bridgehead atoms. The molecule has 2 heterocycles. The van der Waals surface area contributed by atoms with Gasteiger partial charge in [-0.1, -0.05) is 11.2 Å². The molecule has 1 aromatic heterocycles. The van der Waals surface area contributed by atoms with Crippen LogP contribution in [-0.2, 0) is 22.7 Å². The fourth-order valence-corrected chi connectivity index (χ4v) is 3.15. The molecule has 9 heteroatoms. The Hall–Kier alpha value is -3.07. The van der Waals surface area contributed by atoms with Crippen LogP contribution in [0, 0.1) is 0 Å². The van der Waals surface area contributed by atoms with Gasteiger partial charge in [-0.05, 0) is 17.7 Å². The fourth-order valence-electron chi connectivity index (χ4n) is 3.15. The first kappa shape index (κ1) is 19.7. The van der Waals surface area contributed by atoms with Gasteiger partial charge in [0, 0.05) is 25.7 Å².